The van der Waals surface area contributed by atoms with E-state index in [0.29, 0.717) is 41.8 Å². The fourth-order valence-corrected chi connectivity index (χ4v) is 4.72. The van der Waals surface area contributed by atoms with E-state index in [-0.39, 0.29) is 22.8 Å². The van der Waals surface area contributed by atoms with Crippen LogP contribution in [-0.2, 0) is 6.54 Å². The van der Waals surface area contributed by atoms with Gasteiger partial charge in [-0.3, -0.25) is 9.69 Å². The standard InChI is InChI=1S/C27H26F2N2O4S/c1-4-33-21-12-18(13-22(34-5-2)25(21)35-6-3)26(32)31(16-17-10-8-7-9-11-17)27-30-24-20(29)14-19(28)15-23(24)36-27/h7-15H,4-6,16H2,1-3H3. The molecule has 6 nitrogen and oxygen atoms in total. The first-order valence-electron chi connectivity index (χ1n) is 11.6. The fourth-order valence-electron chi connectivity index (χ4n) is 3.72. The number of hydrogen-bond donors (Lipinski definition) is 0. The molecule has 4 rings (SSSR count). The summed E-state index contributed by atoms with van der Waals surface area (Å²) in [6.07, 6.45) is 0. The van der Waals surface area contributed by atoms with Crippen molar-refractivity contribution in [3.05, 3.63) is 77.4 Å². The van der Waals surface area contributed by atoms with Crippen LogP contribution in [0.15, 0.2) is 54.6 Å². The van der Waals surface area contributed by atoms with Gasteiger partial charge in [0.1, 0.15) is 11.3 Å². The largest absolute Gasteiger partial charge is 0.490 e. The molecule has 4 aromatic rings. The Morgan fingerprint density at radius 1 is 0.917 bits per heavy atom. The van der Waals surface area contributed by atoms with Gasteiger partial charge >= 0.3 is 0 Å². The van der Waals surface area contributed by atoms with Gasteiger partial charge in [0.2, 0.25) is 5.75 Å². The van der Waals surface area contributed by atoms with Crippen molar-refractivity contribution >= 4 is 32.6 Å². The second-order valence-corrected chi connectivity index (χ2v) is 8.72. The zero-order valence-electron chi connectivity index (χ0n) is 20.2. The van der Waals surface area contributed by atoms with Crippen molar-refractivity contribution in [1.82, 2.24) is 4.98 Å². The molecule has 0 radical (unpaired) electrons. The highest BCUT2D eigenvalue weighted by Crippen LogP contribution is 2.40. The summed E-state index contributed by atoms with van der Waals surface area (Å²) >= 11 is 1.04. The number of aromatic nitrogens is 1. The molecule has 1 aromatic heterocycles. The second kappa shape index (κ2) is 11.3. The van der Waals surface area contributed by atoms with Crippen LogP contribution in [-0.4, -0.2) is 30.7 Å². The van der Waals surface area contributed by atoms with Gasteiger partial charge in [0.05, 0.1) is 31.1 Å². The smallest absolute Gasteiger partial charge is 0.260 e. The molecular formula is C27H26F2N2O4S. The Kier molecular flexibility index (Phi) is 8.00. The Labute approximate surface area is 212 Å². The zero-order valence-corrected chi connectivity index (χ0v) is 21.0. The van der Waals surface area contributed by atoms with E-state index in [1.54, 1.807) is 12.1 Å². The highest BCUT2D eigenvalue weighted by molar-refractivity contribution is 7.22. The fraction of sp³-hybridized carbons (Fsp3) is 0.259. The van der Waals surface area contributed by atoms with Crippen molar-refractivity contribution in [2.24, 2.45) is 0 Å². The van der Waals surface area contributed by atoms with Gasteiger partial charge in [-0.25, -0.2) is 13.8 Å². The molecular weight excluding hydrogens is 486 g/mol. The SMILES string of the molecule is CCOc1cc(C(=O)N(Cc2ccccc2)c2nc3c(F)cc(F)cc3s2)cc(OCC)c1OCC. The van der Waals surface area contributed by atoms with Crippen molar-refractivity contribution in [3.63, 3.8) is 0 Å². The third-order valence-corrected chi connectivity index (χ3v) is 6.24. The number of carbonyl (C=O) groups excluding carboxylic acids is 1. The molecule has 0 fully saturated rings. The second-order valence-electron chi connectivity index (χ2n) is 7.71. The van der Waals surface area contributed by atoms with Crippen LogP contribution in [0.2, 0.25) is 0 Å². The Morgan fingerprint density at radius 3 is 2.17 bits per heavy atom. The number of nitrogens with zero attached hydrogens (tertiary/aromatic N) is 2. The molecule has 0 aliphatic carbocycles. The molecule has 0 bridgehead atoms. The average molecular weight is 513 g/mol. The van der Waals surface area contributed by atoms with Gasteiger partial charge in [0.25, 0.3) is 5.91 Å². The molecule has 188 valence electrons. The Hall–Kier alpha value is -3.72. The highest BCUT2D eigenvalue weighted by Gasteiger charge is 2.26. The van der Waals surface area contributed by atoms with Crippen LogP contribution in [0.1, 0.15) is 36.7 Å². The Bertz CT molecular complexity index is 1330. The van der Waals surface area contributed by atoms with Gasteiger partial charge in [0, 0.05) is 11.6 Å². The van der Waals surface area contributed by atoms with Crippen molar-refractivity contribution in [2.75, 3.05) is 24.7 Å². The van der Waals surface area contributed by atoms with Crippen LogP contribution in [0.3, 0.4) is 0 Å². The van der Waals surface area contributed by atoms with Crippen LogP contribution in [0, 0.1) is 11.6 Å². The number of carbonyl (C=O) groups is 1. The summed E-state index contributed by atoms with van der Waals surface area (Å²) < 4.78 is 45.8. The van der Waals surface area contributed by atoms with E-state index in [2.05, 4.69) is 4.98 Å². The lowest BCUT2D eigenvalue weighted by atomic mass is 10.1. The van der Waals surface area contributed by atoms with Crippen LogP contribution < -0.4 is 19.1 Å². The molecule has 3 aromatic carbocycles. The number of amides is 1. The summed E-state index contributed by atoms with van der Waals surface area (Å²) in [6.45, 7) is 6.80. The molecule has 0 aliphatic rings. The lowest BCUT2D eigenvalue weighted by Crippen LogP contribution is -2.30. The minimum Gasteiger partial charge on any atom is -0.490 e. The molecule has 0 unspecified atom stereocenters. The van der Waals surface area contributed by atoms with Gasteiger partial charge in [-0.1, -0.05) is 41.7 Å². The van der Waals surface area contributed by atoms with Crippen molar-refractivity contribution in [1.29, 1.82) is 0 Å². The maximum Gasteiger partial charge on any atom is 0.260 e. The predicted molar refractivity (Wildman–Crippen MR) is 136 cm³/mol. The summed E-state index contributed by atoms with van der Waals surface area (Å²) in [5, 5.41) is 0.244. The van der Waals surface area contributed by atoms with Gasteiger partial charge in [-0.2, -0.15) is 0 Å². The van der Waals surface area contributed by atoms with E-state index in [1.165, 1.54) is 11.0 Å². The van der Waals surface area contributed by atoms with Gasteiger partial charge < -0.3 is 14.2 Å². The Balaban J connectivity index is 1.83. The summed E-state index contributed by atoms with van der Waals surface area (Å²) in [5.74, 6) is -0.701. The number of anilines is 1. The molecule has 1 amide bonds. The molecule has 0 saturated carbocycles. The maximum atomic E-state index is 14.4. The molecule has 0 spiro atoms. The Morgan fingerprint density at radius 2 is 1.56 bits per heavy atom. The molecule has 1 heterocycles. The quantitative estimate of drug-likeness (QED) is 0.239. The summed E-state index contributed by atoms with van der Waals surface area (Å²) in [5.41, 5.74) is 1.14. The van der Waals surface area contributed by atoms with Gasteiger partial charge in [-0.05, 0) is 44.5 Å². The number of halogens is 2. The first kappa shape index (κ1) is 25.4. The third-order valence-electron chi connectivity index (χ3n) is 5.22. The van der Waals surface area contributed by atoms with Gasteiger partial charge in [0.15, 0.2) is 22.4 Å². The van der Waals surface area contributed by atoms with Gasteiger partial charge in [-0.15, -0.1) is 0 Å². The topological polar surface area (TPSA) is 60.9 Å². The van der Waals surface area contributed by atoms with E-state index in [9.17, 15) is 13.6 Å². The first-order chi connectivity index (χ1) is 17.4. The van der Waals surface area contributed by atoms with E-state index in [1.807, 2.05) is 51.1 Å². The minimum absolute atomic E-state index is 0.0129. The number of fused-ring (bicyclic) bond motifs is 1. The van der Waals surface area contributed by atoms with Crippen LogP contribution >= 0.6 is 11.3 Å². The number of ether oxygens (including phenoxy) is 3. The van der Waals surface area contributed by atoms with Crippen molar-refractivity contribution in [2.45, 2.75) is 27.3 Å². The van der Waals surface area contributed by atoms with Crippen LogP contribution in [0.5, 0.6) is 17.2 Å². The third kappa shape index (κ3) is 5.41. The summed E-state index contributed by atoms with van der Waals surface area (Å²) in [7, 11) is 0. The van der Waals surface area contributed by atoms with Crippen LogP contribution in [0.25, 0.3) is 10.2 Å². The first-order valence-corrected chi connectivity index (χ1v) is 12.4. The predicted octanol–water partition coefficient (Wildman–Crippen LogP) is 6.62. The van der Waals surface area contributed by atoms with E-state index in [4.69, 9.17) is 14.2 Å². The molecule has 0 N–H and O–H groups in total. The lowest BCUT2D eigenvalue weighted by molar-refractivity contribution is 0.0984. The summed E-state index contributed by atoms with van der Waals surface area (Å²) in [6, 6.07) is 14.6. The number of rotatable bonds is 10. The molecule has 0 saturated heterocycles. The number of thiazole rings is 1. The molecule has 0 atom stereocenters. The summed E-state index contributed by atoms with van der Waals surface area (Å²) in [4.78, 5) is 19.7. The normalized spacial score (nSPS) is 10.9. The van der Waals surface area contributed by atoms with E-state index in [0.717, 1.165) is 23.0 Å². The molecule has 36 heavy (non-hydrogen) atoms. The molecule has 9 heteroatoms. The molecule has 0 aliphatic heterocycles. The number of benzene rings is 3. The minimum atomic E-state index is -0.780. The van der Waals surface area contributed by atoms with Crippen LogP contribution in [0.4, 0.5) is 13.9 Å². The zero-order chi connectivity index (χ0) is 25.7. The highest BCUT2D eigenvalue weighted by atomic mass is 32.1. The lowest BCUT2D eigenvalue weighted by Gasteiger charge is -2.22. The van der Waals surface area contributed by atoms with E-state index >= 15 is 0 Å². The van der Waals surface area contributed by atoms with E-state index < -0.39 is 17.5 Å². The maximum absolute atomic E-state index is 14.4. The number of hydrogen-bond acceptors (Lipinski definition) is 6. The monoisotopic (exact) mass is 512 g/mol. The van der Waals surface area contributed by atoms with Crippen molar-refractivity contribution in [3.8, 4) is 17.2 Å². The average Bonchev–Trinajstić information content (AvgIpc) is 3.29. The van der Waals surface area contributed by atoms with Crippen molar-refractivity contribution < 1.29 is 27.8 Å².